The molecule has 0 aliphatic rings. The van der Waals surface area contributed by atoms with E-state index in [4.69, 9.17) is 0 Å². The van der Waals surface area contributed by atoms with Crippen LogP contribution in [-0.4, -0.2) is 49.9 Å². The summed E-state index contributed by atoms with van der Waals surface area (Å²) in [7, 11) is -4.04. The number of hydrogen-bond donors (Lipinski definition) is 3. The lowest BCUT2D eigenvalue weighted by molar-refractivity contribution is -0.132. The summed E-state index contributed by atoms with van der Waals surface area (Å²) in [5.74, 6) is -1.63. The molecule has 1 atom stereocenters. The molecule has 2 N–H and O–H groups in total. The molecule has 0 bridgehead atoms. The fourth-order valence-corrected chi connectivity index (χ4v) is 6.00. The van der Waals surface area contributed by atoms with E-state index in [-0.39, 0.29) is 47.8 Å². The topological polar surface area (TPSA) is 113 Å². The third-order valence-corrected chi connectivity index (χ3v) is 8.54. The number of rotatable bonds is 14. The molecular weight excluding hydrogens is 577 g/mol. The van der Waals surface area contributed by atoms with Crippen molar-refractivity contribution in [3.63, 3.8) is 0 Å². The number of carbonyl (C=O) groups excluding carboxylic acids is 3. The van der Waals surface area contributed by atoms with E-state index in [1.54, 1.807) is 53.4 Å². The first-order valence-electron chi connectivity index (χ1n) is 13.7. The highest BCUT2D eigenvalue weighted by molar-refractivity contribution is 7.90. The number of nitrogens with one attached hydrogen (secondary N) is 2. The quantitative estimate of drug-likeness (QED) is 0.234. The predicted octanol–water partition coefficient (Wildman–Crippen LogP) is 4.35. The number of sulfonamides is 1. The number of thiol groups is 1. The minimum Gasteiger partial charge on any atom is -0.354 e. The van der Waals surface area contributed by atoms with Crippen LogP contribution in [-0.2, 0) is 37.4 Å². The molecule has 0 spiro atoms. The average molecular weight is 614 g/mol. The highest BCUT2D eigenvalue weighted by Gasteiger charge is 2.22. The Morgan fingerprint density at radius 2 is 1.64 bits per heavy atom. The monoisotopic (exact) mass is 613 g/mol. The second kappa shape index (κ2) is 15.5. The number of nitrogens with zero attached hydrogens (tertiary/aromatic N) is 1. The van der Waals surface area contributed by atoms with Crippen molar-refractivity contribution in [2.24, 2.45) is 5.92 Å². The van der Waals surface area contributed by atoms with Gasteiger partial charge in [0, 0.05) is 44.3 Å². The molecule has 8 nitrogen and oxygen atoms in total. The van der Waals surface area contributed by atoms with Gasteiger partial charge in [-0.3, -0.25) is 14.4 Å². The van der Waals surface area contributed by atoms with E-state index in [1.165, 1.54) is 12.1 Å². The van der Waals surface area contributed by atoms with Crippen molar-refractivity contribution in [3.8, 4) is 11.1 Å². The van der Waals surface area contributed by atoms with E-state index in [0.717, 1.165) is 12.5 Å². The van der Waals surface area contributed by atoms with Gasteiger partial charge < -0.3 is 10.2 Å². The van der Waals surface area contributed by atoms with E-state index < -0.39 is 21.8 Å². The van der Waals surface area contributed by atoms with Crippen LogP contribution in [0, 0.1) is 11.7 Å². The van der Waals surface area contributed by atoms with Crippen LogP contribution in [0.5, 0.6) is 0 Å². The molecule has 3 amide bonds. The first-order chi connectivity index (χ1) is 20.1. The van der Waals surface area contributed by atoms with Crippen molar-refractivity contribution in [1.29, 1.82) is 0 Å². The Bertz CT molecular complexity index is 1500. The number of benzene rings is 3. The van der Waals surface area contributed by atoms with Gasteiger partial charge in [0.25, 0.3) is 10.0 Å². The molecule has 0 aliphatic carbocycles. The molecule has 224 valence electrons. The Kier molecular flexibility index (Phi) is 12.1. The molecule has 11 heteroatoms. The van der Waals surface area contributed by atoms with Crippen molar-refractivity contribution in [3.05, 3.63) is 89.7 Å². The largest absolute Gasteiger partial charge is 0.354 e. The van der Waals surface area contributed by atoms with Crippen LogP contribution in [0.25, 0.3) is 11.1 Å². The number of halogens is 1. The highest BCUT2D eigenvalue weighted by Crippen LogP contribution is 2.28. The molecule has 3 aromatic rings. The number of amides is 3. The van der Waals surface area contributed by atoms with Gasteiger partial charge in [-0.2, -0.15) is 12.6 Å². The highest BCUT2D eigenvalue weighted by atomic mass is 32.2. The third-order valence-electron chi connectivity index (χ3n) is 6.61. The summed E-state index contributed by atoms with van der Waals surface area (Å²) < 4.78 is 41.4. The summed E-state index contributed by atoms with van der Waals surface area (Å²) in [5.41, 5.74) is 2.35. The Balaban J connectivity index is 1.69. The molecule has 0 heterocycles. The Hall–Kier alpha value is -3.70. The zero-order valence-electron chi connectivity index (χ0n) is 23.7. The van der Waals surface area contributed by atoms with Crippen LogP contribution in [0.3, 0.4) is 0 Å². The Morgan fingerprint density at radius 3 is 2.29 bits per heavy atom. The van der Waals surface area contributed by atoms with Gasteiger partial charge >= 0.3 is 0 Å². The Morgan fingerprint density at radius 1 is 0.976 bits per heavy atom. The first kappa shape index (κ1) is 32.8. The third kappa shape index (κ3) is 9.15. The molecule has 1 unspecified atom stereocenters. The average Bonchev–Trinajstić information content (AvgIpc) is 2.96. The van der Waals surface area contributed by atoms with Crippen molar-refractivity contribution in [2.75, 3.05) is 18.8 Å². The van der Waals surface area contributed by atoms with Gasteiger partial charge in [-0.05, 0) is 41.7 Å². The fourth-order valence-electron chi connectivity index (χ4n) is 4.49. The van der Waals surface area contributed by atoms with Crippen molar-refractivity contribution >= 4 is 40.4 Å². The second-order valence-corrected chi connectivity index (χ2v) is 11.9. The van der Waals surface area contributed by atoms with E-state index in [1.807, 2.05) is 23.8 Å². The minimum absolute atomic E-state index is 0.0158. The van der Waals surface area contributed by atoms with Crippen molar-refractivity contribution < 1.29 is 27.2 Å². The van der Waals surface area contributed by atoms with E-state index in [9.17, 15) is 27.2 Å². The molecule has 0 fully saturated rings. The van der Waals surface area contributed by atoms with Crippen LogP contribution in [0.2, 0.25) is 0 Å². The second-order valence-electron chi connectivity index (χ2n) is 9.89. The molecular formula is C31H36FN3O5S2. The van der Waals surface area contributed by atoms with Crippen LogP contribution in [0.15, 0.2) is 77.7 Å². The smallest absolute Gasteiger partial charge is 0.264 e. The van der Waals surface area contributed by atoms with Gasteiger partial charge in [0.2, 0.25) is 17.7 Å². The maximum atomic E-state index is 14.1. The molecule has 0 aliphatic heterocycles. The summed E-state index contributed by atoms with van der Waals surface area (Å²) in [6, 6.07) is 19.9. The summed E-state index contributed by atoms with van der Waals surface area (Å²) in [5, 5.41) is 2.86. The number of hydrogen-bond acceptors (Lipinski definition) is 6. The van der Waals surface area contributed by atoms with Gasteiger partial charge in [-0.15, -0.1) is 0 Å². The summed E-state index contributed by atoms with van der Waals surface area (Å²) in [6.45, 7) is 3.85. The lowest BCUT2D eigenvalue weighted by Gasteiger charge is -2.24. The van der Waals surface area contributed by atoms with Gasteiger partial charge in [0.1, 0.15) is 5.82 Å². The van der Waals surface area contributed by atoms with Crippen molar-refractivity contribution in [2.45, 2.75) is 44.6 Å². The molecule has 3 aromatic carbocycles. The summed E-state index contributed by atoms with van der Waals surface area (Å²) in [6.07, 6.45) is 1.25. The van der Waals surface area contributed by atoms with Crippen LogP contribution >= 0.6 is 12.6 Å². The van der Waals surface area contributed by atoms with Crippen LogP contribution < -0.4 is 10.0 Å². The van der Waals surface area contributed by atoms with E-state index in [2.05, 4.69) is 17.9 Å². The standard InChI is InChI=1S/C31H36FN3O5S2/c1-3-8-30(37)35(18-17-33-31(38)26(21-41)19-25-9-4-6-11-28(25)32)20-23-13-15-24(16-14-23)27-10-5-7-12-29(27)42(39,40)34-22(2)36/h4-7,9-16,26,41H,3,8,17-21H2,1-2H3,(H,33,38)(H,34,36). The fraction of sp³-hybridized carbons (Fsp3) is 0.323. The molecule has 42 heavy (non-hydrogen) atoms. The van der Waals surface area contributed by atoms with Crippen molar-refractivity contribution in [1.82, 2.24) is 14.9 Å². The maximum Gasteiger partial charge on any atom is 0.264 e. The zero-order chi connectivity index (χ0) is 30.7. The zero-order valence-corrected chi connectivity index (χ0v) is 25.4. The lowest BCUT2D eigenvalue weighted by Crippen LogP contribution is -2.40. The summed E-state index contributed by atoms with van der Waals surface area (Å²) >= 11 is 4.28. The van der Waals surface area contributed by atoms with Crippen LogP contribution in [0.1, 0.15) is 37.8 Å². The molecule has 0 saturated carbocycles. The molecule has 0 radical (unpaired) electrons. The Labute approximate surface area is 252 Å². The van der Waals surface area contributed by atoms with E-state index >= 15 is 0 Å². The van der Waals surface area contributed by atoms with Gasteiger partial charge in [-0.25, -0.2) is 17.5 Å². The normalized spacial score (nSPS) is 11.9. The predicted molar refractivity (Wildman–Crippen MR) is 164 cm³/mol. The van der Waals surface area contributed by atoms with Gasteiger partial charge in [0.05, 0.1) is 10.8 Å². The van der Waals surface area contributed by atoms with Gasteiger partial charge in [-0.1, -0.05) is 67.6 Å². The SMILES string of the molecule is CCCC(=O)N(CCNC(=O)C(CS)Cc1ccccc1F)Cc1ccc(-c2ccccc2S(=O)(=O)NC(C)=O)cc1. The summed E-state index contributed by atoms with van der Waals surface area (Å²) in [4.78, 5) is 38.8. The van der Waals surface area contributed by atoms with Crippen LogP contribution in [0.4, 0.5) is 4.39 Å². The maximum absolute atomic E-state index is 14.1. The number of carbonyl (C=O) groups is 3. The van der Waals surface area contributed by atoms with E-state index in [0.29, 0.717) is 36.1 Å². The minimum atomic E-state index is -4.04. The molecule has 0 aromatic heterocycles. The molecule has 0 saturated heterocycles. The molecule has 3 rings (SSSR count). The van der Waals surface area contributed by atoms with Gasteiger partial charge in [0.15, 0.2) is 0 Å². The lowest BCUT2D eigenvalue weighted by atomic mass is 10.00. The first-order valence-corrected chi connectivity index (χ1v) is 15.8.